The number of aliphatic hydroxyl groups excluding tert-OH is 3. The predicted octanol–water partition coefficient (Wildman–Crippen LogP) is 1.57. The number of ether oxygens (including phenoxy) is 1. The Balaban J connectivity index is 2.02. The van der Waals surface area contributed by atoms with E-state index in [4.69, 9.17) is 4.74 Å². The fraction of sp³-hybridized carbons (Fsp3) is 0.519. The van der Waals surface area contributed by atoms with E-state index in [1.807, 2.05) is 6.92 Å². The minimum absolute atomic E-state index is 0.0613. The number of esters is 1. The molecule has 2 aromatic rings. The summed E-state index contributed by atoms with van der Waals surface area (Å²) in [7, 11) is 0. The van der Waals surface area contributed by atoms with E-state index < -0.39 is 47.3 Å². The number of rotatable bonds is 1. The molecule has 0 saturated carbocycles. The van der Waals surface area contributed by atoms with Gasteiger partial charge in [0.05, 0.1) is 18.3 Å². The van der Waals surface area contributed by atoms with Crippen LogP contribution in [-0.4, -0.2) is 59.4 Å². The number of aromatic nitrogens is 2. The number of nitrogens with zero attached hydrogens (tertiary/aromatic N) is 1. The Labute approximate surface area is 219 Å². The summed E-state index contributed by atoms with van der Waals surface area (Å²) >= 11 is 0. The van der Waals surface area contributed by atoms with Crippen LogP contribution < -0.4 is 16.0 Å². The van der Waals surface area contributed by atoms with Crippen LogP contribution in [0.1, 0.15) is 62.6 Å². The monoisotopic (exact) mass is 532 g/mol. The predicted molar refractivity (Wildman–Crippen MR) is 138 cm³/mol. The maximum absolute atomic E-state index is 13.4. The van der Waals surface area contributed by atoms with Crippen LogP contribution in [0.15, 0.2) is 40.1 Å². The standard InChI is InChI=1S/C27H36N2O9/c1-15-9-10-18(30)6-4-7-19(31)12-21(29-14-16(2)25(35)28-27(29)37)26(36)38-24-17(5-3-8-22(15)33)11-20(32)13-23(24)34/h4,6,11,13-15,18-19,21-22,30-34H,3,5,7-10,12H2,1-2H3,(H,28,35,37)/b6-4+/t15-,18?,19?,21?,22-/m1/s1. The second-order valence-electron chi connectivity index (χ2n) is 10.0. The molecule has 0 fully saturated rings. The van der Waals surface area contributed by atoms with Gasteiger partial charge in [0.15, 0.2) is 11.5 Å². The molecule has 1 aromatic carbocycles. The average Bonchev–Trinajstić information content (AvgIpc) is 2.84. The van der Waals surface area contributed by atoms with Crippen LogP contribution in [0.4, 0.5) is 0 Å². The van der Waals surface area contributed by atoms with Crippen molar-refractivity contribution >= 4 is 5.97 Å². The Bertz CT molecular complexity index is 1270. The molecule has 1 aliphatic heterocycles. The summed E-state index contributed by atoms with van der Waals surface area (Å²) in [4.78, 5) is 40.0. The average molecular weight is 533 g/mol. The minimum atomic E-state index is -1.37. The van der Waals surface area contributed by atoms with Crippen molar-refractivity contribution in [3.05, 3.63) is 62.4 Å². The van der Waals surface area contributed by atoms with Gasteiger partial charge in [0.25, 0.3) is 5.56 Å². The molecule has 0 saturated heterocycles. The lowest BCUT2D eigenvalue weighted by Crippen LogP contribution is -2.39. The smallest absolute Gasteiger partial charge is 0.334 e. The van der Waals surface area contributed by atoms with Crippen LogP contribution in [0.5, 0.6) is 17.2 Å². The Kier molecular flexibility index (Phi) is 9.90. The molecule has 11 nitrogen and oxygen atoms in total. The number of aliphatic hydroxyl groups is 3. The van der Waals surface area contributed by atoms with Gasteiger partial charge in [0, 0.05) is 29.8 Å². The molecule has 2 heterocycles. The third kappa shape index (κ3) is 7.56. The molecule has 1 aromatic heterocycles. The first-order valence-corrected chi connectivity index (χ1v) is 12.8. The quantitative estimate of drug-likeness (QED) is 0.180. The number of phenolic OH excluding ortho intramolecular Hbond substituents is 2. The zero-order chi connectivity index (χ0) is 28.0. The zero-order valence-electron chi connectivity index (χ0n) is 21.5. The van der Waals surface area contributed by atoms with Crippen molar-refractivity contribution in [1.82, 2.24) is 9.55 Å². The van der Waals surface area contributed by atoms with Gasteiger partial charge < -0.3 is 30.3 Å². The molecule has 3 rings (SSSR count). The summed E-state index contributed by atoms with van der Waals surface area (Å²) in [6, 6.07) is 0.998. The van der Waals surface area contributed by atoms with Crippen LogP contribution in [0.3, 0.4) is 0 Å². The highest BCUT2D eigenvalue weighted by Crippen LogP contribution is 2.37. The highest BCUT2D eigenvalue weighted by Gasteiger charge is 2.29. The normalized spacial score (nSPS) is 27.0. The second kappa shape index (κ2) is 12.9. The third-order valence-corrected chi connectivity index (χ3v) is 6.87. The molecule has 0 amide bonds. The number of aromatic hydroxyl groups is 2. The first kappa shape index (κ1) is 29.2. The highest BCUT2D eigenvalue weighted by atomic mass is 16.5. The molecule has 5 atom stereocenters. The van der Waals surface area contributed by atoms with E-state index in [1.54, 1.807) is 6.08 Å². The molecule has 38 heavy (non-hydrogen) atoms. The third-order valence-electron chi connectivity index (χ3n) is 6.87. The Morgan fingerprint density at radius 3 is 2.53 bits per heavy atom. The lowest BCUT2D eigenvalue weighted by molar-refractivity contribution is -0.139. The molecule has 0 aliphatic carbocycles. The number of benzene rings is 1. The molecular formula is C27H36N2O9. The van der Waals surface area contributed by atoms with Crippen LogP contribution in [0, 0.1) is 12.8 Å². The van der Waals surface area contributed by atoms with Gasteiger partial charge in [-0.05, 0) is 57.4 Å². The summed E-state index contributed by atoms with van der Waals surface area (Å²) in [6.45, 7) is 3.35. The molecule has 0 bridgehead atoms. The van der Waals surface area contributed by atoms with Crippen molar-refractivity contribution in [1.29, 1.82) is 0 Å². The molecule has 0 spiro atoms. The summed E-state index contributed by atoms with van der Waals surface area (Å²) in [6.07, 6.45) is 3.65. The molecule has 11 heteroatoms. The van der Waals surface area contributed by atoms with Gasteiger partial charge in [-0.3, -0.25) is 14.3 Å². The summed E-state index contributed by atoms with van der Waals surface area (Å²) in [5.41, 5.74) is -1.01. The lowest BCUT2D eigenvalue weighted by atomic mass is 9.92. The van der Waals surface area contributed by atoms with Gasteiger partial charge in [-0.2, -0.15) is 0 Å². The highest BCUT2D eigenvalue weighted by molar-refractivity contribution is 5.78. The molecule has 6 N–H and O–H groups in total. The fourth-order valence-electron chi connectivity index (χ4n) is 4.52. The number of hydrogen-bond acceptors (Lipinski definition) is 9. The summed E-state index contributed by atoms with van der Waals surface area (Å²) in [5, 5.41) is 52.0. The first-order valence-electron chi connectivity index (χ1n) is 12.8. The summed E-state index contributed by atoms with van der Waals surface area (Å²) in [5.74, 6) is -1.99. The van der Waals surface area contributed by atoms with E-state index in [2.05, 4.69) is 4.98 Å². The van der Waals surface area contributed by atoms with E-state index in [0.29, 0.717) is 31.2 Å². The number of aromatic amines is 1. The van der Waals surface area contributed by atoms with Crippen LogP contribution >= 0.6 is 0 Å². The maximum Gasteiger partial charge on any atom is 0.334 e. The van der Waals surface area contributed by atoms with Crippen molar-refractivity contribution in [2.45, 2.75) is 83.1 Å². The fourth-order valence-corrected chi connectivity index (χ4v) is 4.52. The lowest BCUT2D eigenvalue weighted by Gasteiger charge is -2.23. The van der Waals surface area contributed by atoms with Gasteiger partial charge in [0.2, 0.25) is 0 Å². The zero-order valence-corrected chi connectivity index (χ0v) is 21.5. The van der Waals surface area contributed by atoms with Crippen molar-refractivity contribution in [3.8, 4) is 17.2 Å². The number of fused-ring (bicyclic) bond motifs is 1. The number of H-pyrrole nitrogens is 1. The number of phenols is 2. The van der Waals surface area contributed by atoms with E-state index >= 15 is 0 Å². The molecule has 1 aliphatic rings. The number of hydrogen-bond donors (Lipinski definition) is 6. The van der Waals surface area contributed by atoms with E-state index in [-0.39, 0.29) is 42.2 Å². The van der Waals surface area contributed by atoms with Crippen molar-refractivity contribution < 1.29 is 35.1 Å². The van der Waals surface area contributed by atoms with Gasteiger partial charge in [-0.15, -0.1) is 0 Å². The van der Waals surface area contributed by atoms with Gasteiger partial charge >= 0.3 is 11.7 Å². The Morgan fingerprint density at radius 2 is 1.79 bits per heavy atom. The largest absolute Gasteiger partial charge is 0.508 e. The van der Waals surface area contributed by atoms with Crippen LogP contribution in [0.2, 0.25) is 0 Å². The number of aryl methyl sites for hydroxylation is 2. The molecule has 0 radical (unpaired) electrons. The number of carbonyl (C=O) groups is 1. The summed E-state index contributed by atoms with van der Waals surface area (Å²) < 4.78 is 6.52. The van der Waals surface area contributed by atoms with Gasteiger partial charge in [0.1, 0.15) is 11.8 Å². The second-order valence-corrected chi connectivity index (χ2v) is 10.0. The van der Waals surface area contributed by atoms with Crippen molar-refractivity contribution in [2.75, 3.05) is 0 Å². The van der Waals surface area contributed by atoms with E-state index in [9.17, 15) is 39.9 Å². The van der Waals surface area contributed by atoms with Crippen LogP contribution in [0.25, 0.3) is 0 Å². The number of carbonyl (C=O) groups excluding carboxylic acids is 1. The van der Waals surface area contributed by atoms with Crippen molar-refractivity contribution in [3.63, 3.8) is 0 Å². The number of nitrogens with one attached hydrogen (secondary N) is 1. The molecule has 208 valence electrons. The SMILES string of the molecule is Cc1cn(C2CC(O)C/C=C/C(O)CC[C@@H](C)[C@H](O)CCCc3cc(O)cc(O)c3OC2=O)c(=O)[nH]c1=O. The van der Waals surface area contributed by atoms with Crippen molar-refractivity contribution in [2.24, 2.45) is 5.92 Å². The minimum Gasteiger partial charge on any atom is -0.508 e. The Hall–Kier alpha value is -3.41. The molecular weight excluding hydrogens is 496 g/mol. The topological polar surface area (TPSA) is 182 Å². The first-order chi connectivity index (χ1) is 18.0. The van der Waals surface area contributed by atoms with Gasteiger partial charge in [-0.1, -0.05) is 19.1 Å². The van der Waals surface area contributed by atoms with Gasteiger partial charge in [-0.25, -0.2) is 9.59 Å². The van der Waals surface area contributed by atoms with E-state index in [0.717, 1.165) is 10.6 Å². The van der Waals surface area contributed by atoms with E-state index in [1.165, 1.54) is 25.3 Å². The van der Waals surface area contributed by atoms with Crippen LogP contribution in [-0.2, 0) is 11.2 Å². The maximum atomic E-state index is 13.4. The molecule has 3 unspecified atom stereocenters. The Morgan fingerprint density at radius 1 is 1.05 bits per heavy atom.